The van der Waals surface area contributed by atoms with Crippen LogP contribution in [0.3, 0.4) is 0 Å². The van der Waals surface area contributed by atoms with E-state index in [1.165, 1.54) is 11.3 Å². The highest BCUT2D eigenvalue weighted by molar-refractivity contribution is 7.21. The molecule has 0 saturated carbocycles. The molecule has 0 aliphatic carbocycles. The molecule has 1 heterocycles. The predicted molar refractivity (Wildman–Crippen MR) is 89.4 cm³/mol. The van der Waals surface area contributed by atoms with Crippen LogP contribution in [-0.4, -0.2) is 24.5 Å². The average molecular weight is 319 g/mol. The minimum atomic E-state index is -0.433. The van der Waals surface area contributed by atoms with Crippen LogP contribution < -0.4 is 5.32 Å². The van der Waals surface area contributed by atoms with E-state index < -0.39 is 5.97 Å². The molecule has 0 bridgehead atoms. The molecule has 0 unspecified atom stereocenters. The smallest absolute Gasteiger partial charge is 0.349 e. The number of rotatable bonds is 6. The van der Waals surface area contributed by atoms with Gasteiger partial charge in [-0.15, -0.1) is 11.3 Å². The second-order valence-electron chi connectivity index (χ2n) is 5.39. The molecular weight excluding hydrogens is 298 g/mol. The van der Waals surface area contributed by atoms with E-state index in [1.54, 1.807) is 0 Å². The molecule has 1 aromatic heterocycles. The lowest BCUT2D eigenvalue weighted by Gasteiger charge is -2.12. The second kappa shape index (κ2) is 7.40. The topological polar surface area (TPSA) is 55.4 Å². The Hall–Kier alpha value is -1.88. The van der Waals surface area contributed by atoms with Gasteiger partial charge in [-0.25, -0.2) is 4.79 Å². The summed E-state index contributed by atoms with van der Waals surface area (Å²) in [6, 6.07) is 7.94. The molecule has 2 aromatic rings. The molecule has 1 aromatic carbocycles. The molecule has 22 heavy (non-hydrogen) atoms. The Balaban J connectivity index is 1.97. The lowest BCUT2D eigenvalue weighted by Crippen LogP contribution is -2.35. The minimum absolute atomic E-state index is 0.0993. The summed E-state index contributed by atoms with van der Waals surface area (Å²) >= 11 is 1.40. The number of hydrogen-bond donors (Lipinski definition) is 1. The van der Waals surface area contributed by atoms with Gasteiger partial charge in [0.2, 0.25) is 0 Å². The number of esters is 1. The van der Waals surface area contributed by atoms with E-state index in [4.69, 9.17) is 4.74 Å². The van der Waals surface area contributed by atoms with Crippen LogP contribution in [0.15, 0.2) is 24.3 Å². The van der Waals surface area contributed by atoms with Crippen LogP contribution >= 0.6 is 11.3 Å². The maximum absolute atomic E-state index is 12.2. The molecular formula is C17H21NO3S. The number of carbonyl (C=O) groups excluding carboxylic acids is 2. The van der Waals surface area contributed by atoms with Crippen molar-refractivity contribution in [1.82, 2.24) is 5.32 Å². The first-order valence-corrected chi connectivity index (χ1v) is 8.29. The van der Waals surface area contributed by atoms with Gasteiger partial charge in [0.1, 0.15) is 4.88 Å². The van der Waals surface area contributed by atoms with Crippen molar-refractivity contribution in [3.63, 3.8) is 0 Å². The number of benzene rings is 1. The molecule has 4 nitrogen and oxygen atoms in total. The minimum Gasteiger partial charge on any atom is -0.451 e. The molecule has 1 N–H and O–H groups in total. The molecule has 118 valence electrons. The van der Waals surface area contributed by atoms with Gasteiger partial charge >= 0.3 is 5.97 Å². The van der Waals surface area contributed by atoms with Crippen molar-refractivity contribution in [2.75, 3.05) is 6.61 Å². The van der Waals surface area contributed by atoms with Crippen LogP contribution in [-0.2, 0) is 9.53 Å². The lowest BCUT2D eigenvalue weighted by atomic mass is 10.1. The van der Waals surface area contributed by atoms with Crippen molar-refractivity contribution < 1.29 is 14.3 Å². The number of hydrogen-bond acceptors (Lipinski definition) is 4. The number of fused-ring (bicyclic) bond motifs is 1. The molecule has 0 fully saturated rings. The fourth-order valence-corrected chi connectivity index (χ4v) is 3.49. The summed E-state index contributed by atoms with van der Waals surface area (Å²) in [6.45, 7) is 5.67. The van der Waals surface area contributed by atoms with Gasteiger partial charge in [-0.2, -0.15) is 0 Å². The summed E-state index contributed by atoms with van der Waals surface area (Å²) in [7, 11) is 0. The quantitative estimate of drug-likeness (QED) is 0.827. The van der Waals surface area contributed by atoms with Crippen LogP contribution in [0.25, 0.3) is 10.1 Å². The number of aryl methyl sites for hydroxylation is 1. The molecule has 0 aliphatic heterocycles. The molecule has 0 spiro atoms. The number of carbonyl (C=O) groups is 2. The molecule has 1 atom stereocenters. The molecule has 0 radical (unpaired) electrons. The number of nitrogens with one attached hydrogen (secondary N) is 1. The number of amides is 1. The summed E-state index contributed by atoms with van der Waals surface area (Å²) in [4.78, 5) is 24.5. The van der Waals surface area contributed by atoms with Gasteiger partial charge in [0.05, 0.1) is 0 Å². The Morgan fingerprint density at radius 3 is 2.73 bits per heavy atom. The maximum Gasteiger partial charge on any atom is 0.349 e. The van der Waals surface area contributed by atoms with E-state index in [1.807, 2.05) is 38.1 Å². The summed E-state index contributed by atoms with van der Waals surface area (Å²) in [5.74, 6) is -0.690. The van der Waals surface area contributed by atoms with Crippen LogP contribution in [0, 0.1) is 6.92 Å². The fraction of sp³-hybridized carbons (Fsp3) is 0.412. The average Bonchev–Trinajstić information content (AvgIpc) is 2.83. The fourth-order valence-electron chi connectivity index (χ4n) is 2.39. The summed E-state index contributed by atoms with van der Waals surface area (Å²) < 4.78 is 6.19. The van der Waals surface area contributed by atoms with Crippen molar-refractivity contribution in [3.05, 3.63) is 34.7 Å². The Labute approximate surface area is 134 Å². The van der Waals surface area contributed by atoms with E-state index in [0.29, 0.717) is 4.88 Å². The van der Waals surface area contributed by atoms with Gasteiger partial charge in [0.15, 0.2) is 6.61 Å². The lowest BCUT2D eigenvalue weighted by molar-refractivity contribution is -0.124. The zero-order chi connectivity index (χ0) is 16.1. The monoisotopic (exact) mass is 319 g/mol. The molecule has 0 saturated heterocycles. The van der Waals surface area contributed by atoms with Gasteiger partial charge in [0.25, 0.3) is 5.91 Å². The second-order valence-corrected chi connectivity index (χ2v) is 6.44. The van der Waals surface area contributed by atoms with Crippen LogP contribution in [0.2, 0.25) is 0 Å². The Bertz CT molecular complexity index is 678. The SMILES string of the molecule is CCC[C@H](C)NC(=O)COC(=O)c1sc2ccccc2c1C. The summed E-state index contributed by atoms with van der Waals surface area (Å²) in [5, 5.41) is 3.87. The Kier molecular flexibility index (Phi) is 5.55. The number of ether oxygens (including phenoxy) is 1. The van der Waals surface area contributed by atoms with Gasteiger partial charge in [-0.1, -0.05) is 31.5 Å². The predicted octanol–water partition coefficient (Wildman–Crippen LogP) is 3.67. The van der Waals surface area contributed by atoms with E-state index >= 15 is 0 Å². The van der Waals surface area contributed by atoms with Crippen molar-refractivity contribution in [1.29, 1.82) is 0 Å². The Morgan fingerprint density at radius 1 is 1.32 bits per heavy atom. The molecule has 5 heteroatoms. The third-order valence-electron chi connectivity index (χ3n) is 3.49. The maximum atomic E-state index is 12.2. The first-order chi connectivity index (χ1) is 10.5. The van der Waals surface area contributed by atoms with Gasteiger partial charge in [-0.05, 0) is 37.3 Å². The van der Waals surface area contributed by atoms with Crippen molar-refractivity contribution in [3.8, 4) is 0 Å². The zero-order valence-corrected chi connectivity index (χ0v) is 14.0. The zero-order valence-electron chi connectivity index (χ0n) is 13.1. The number of thiophene rings is 1. The first kappa shape index (κ1) is 16.5. The largest absolute Gasteiger partial charge is 0.451 e. The normalized spacial score (nSPS) is 12.1. The van der Waals surface area contributed by atoms with E-state index in [9.17, 15) is 9.59 Å². The van der Waals surface area contributed by atoms with E-state index in [2.05, 4.69) is 12.2 Å². The molecule has 1 amide bonds. The van der Waals surface area contributed by atoms with Gasteiger partial charge in [-0.3, -0.25) is 4.79 Å². The highest BCUT2D eigenvalue weighted by Crippen LogP contribution is 2.30. The van der Waals surface area contributed by atoms with Crippen LogP contribution in [0.1, 0.15) is 41.9 Å². The van der Waals surface area contributed by atoms with Crippen LogP contribution in [0.4, 0.5) is 0 Å². The third kappa shape index (κ3) is 3.85. The standard InChI is InChI=1S/C17H21NO3S/c1-4-7-11(2)18-15(19)10-21-17(20)16-12(3)13-8-5-6-9-14(13)22-16/h5-6,8-9,11H,4,7,10H2,1-3H3,(H,18,19)/t11-/m0/s1. The Morgan fingerprint density at radius 2 is 2.05 bits per heavy atom. The van der Waals surface area contributed by atoms with Crippen molar-refractivity contribution >= 4 is 33.3 Å². The van der Waals surface area contributed by atoms with E-state index in [-0.39, 0.29) is 18.6 Å². The van der Waals surface area contributed by atoms with Gasteiger partial charge in [0, 0.05) is 10.7 Å². The summed E-state index contributed by atoms with van der Waals surface area (Å²) in [5.41, 5.74) is 0.908. The first-order valence-electron chi connectivity index (χ1n) is 7.47. The highest BCUT2D eigenvalue weighted by atomic mass is 32.1. The molecule has 2 rings (SSSR count). The summed E-state index contributed by atoms with van der Waals surface area (Å²) in [6.07, 6.45) is 1.91. The van der Waals surface area contributed by atoms with Crippen molar-refractivity contribution in [2.45, 2.75) is 39.7 Å². The highest BCUT2D eigenvalue weighted by Gasteiger charge is 2.18. The third-order valence-corrected chi connectivity index (χ3v) is 4.75. The van der Waals surface area contributed by atoms with E-state index in [0.717, 1.165) is 28.5 Å². The van der Waals surface area contributed by atoms with Crippen LogP contribution in [0.5, 0.6) is 0 Å². The molecule has 0 aliphatic rings. The van der Waals surface area contributed by atoms with Crippen molar-refractivity contribution in [2.24, 2.45) is 0 Å². The van der Waals surface area contributed by atoms with Gasteiger partial charge < -0.3 is 10.1 Å².